The highest BCUT2D eigenvalue weighted by molar-refractivity contribution is 4.91. The topological polar surface area (TPSA) is 15.3 Å². The lowest BCUT2D eigenvalue weighted by Crippen LogP contribution is -2.48. The summed E-state index contributed by atoms with van der Waals surface area (Å²) in [5.74, 6) is 0.782. The second-order valence-electron chi connectivity index (χ2n) is 6.06. The van der Waals surface area contributed by atoms with Crippen LogP contribution in [0.4, 0.5) is 0 Å². The van der Waals surface area contributed by atoms with Crippen molar-refractivity contribution < 1.29 is 0 Å². The van der Waals surface area contributed by atoms with E-state index in [4.69, 9.17) is 0 Å². The average molecular weight is 224 g/mol. The van der Waals surface area contributed by atoms with Gasteiger partial charge in [-0.05, 0) is 45.1 Å². The Kier molecular flexibility index (Phi) is 4.26. The molecule has 2 nitrogen and oxygen atoms in total. The quantitative estimate of drug-likeness (QED) is 0.772. The molecule has 0 aromatic carbocycles. The second kappa shape index (κ2) is 5.50. The Balaban J connectivity index is 1.86. The summed E-state index contributed by atoms with van der Waals surface area (Å²) in [5, 5.41) is 3.68. The summed E-state index contributed by atoms with van der Waals surface area (Å²) < 4.78 is 0. The van der Waals surface area contributed by atoms with Gasteiger partial charge in [0.1, 0.15) is 0 Å². The molecule has 1 saturated heterocycles. The molecule has 0 spiro atoms. The zero-order valence-corrected chi connectivity index (χ0v) is 11.2. The highest BCUT2D eigenvalue weighted by Crippen LogP contribution is 2.31. The van der Waals surface area contributed by atoms with Gasteiger partial charge in [0.25, 0.3) is 0 Å². The van der Waals surface area contributed by atoms with Crippen LogP contribution in [0.1, 0.15) is 52.9 Å². The summed E-state index contributed by atoms with van der Waals surface area (Å²) in [5.41, 5.74) is 0. The lowest BCUT2D eigenvalue weighted by atomic mass is 10.0. The maximum atomic E-state index is 3.68. The van der Waals surface area contributed by atoms with E-state index in [0.29, 0.717) is 0 Å². The van der Waals surface area contributed by atoms with E-state index in [1.807, 2.05) is 0 Å². The molecular weight excluding hydrogens is 196 g/mol. The minimum Gasteiger partial charge on any atom is -0.313 e. The van der Waals surface area contributed by atoms with Gasteiger partial charge in [0.15, 0.2) is 0 Å². The molecule has 0 radical (unpaired) electrons. The van der Waals surface area contributed by atoms with Crippen LogP contribution in [0.3, 0.4) is 0 Å². The molecule has 2 unspecified atom stereocenters. The Hall–Kier alpha value is -0.0800. The largest absolute Gasteiger partial charge is 0.313 e. The molecule has 2 aliphatic rings. The Labute approximate surface area is 101 Å². The van der Waals surface area contributed by atoms with Crippen molar-refractivity contribution in [3.05, 3.63) is 0 Å². The van der Waals surface area contributed by atoms with E-state index >= 15 is 0 Å². The third-order valence-electron chi connectivity index (χ3n) is 4.35. The first-order chi connectivity index (χ1) is 7.68. The monoisotopic (exact) mass is 224 g/mol. The number of hydrogen-bond donors (Lipinski definition) is 1. The van der Waals surface area contributed by atoms with Gasteiger partial charge in [0.05, 0.1) is 0 Å². The number of rotatable bonds is 5. The molecule has 16 heavy (non-hydrogen) atoms. The van der Waals surface area contributed by atoms with Crippen LogP contribution < -0.4 is 5.32 Å². The van der Waals surface area contributed by atoms with Crippen LogP contribution in [0.25, 0.3) is 0 Å². The average Bonchev–Trinajstić information content (AvgIpc) is 3.10. The summed E-state index contributed by atoms with van der Waals surface area (Å²) in [7, 11) is 0. The molecule has 0 amide bonds. The Morgan fingerprint density at radius 3 is 2.38 bits per heavy atom. The maximum absolute atomic E-state index is 3.68. The number of hydrogen-bond acceptors (Lipinski definition) is 2. The van der Waals surface area contributed by atoms with Crippen molar-refractivity contribution in [3.63, 3.8) is 0 Å². The molecular formula is C14H28N2. The van der Waals surface area contributed by atoms with E-state index in [0.717, 1.165) is 24.0 Å². The van der Waals surface area contributed by atoms with Crippen molar-refractivity contribution in [1.82, 2.24) is 10.2 Å². The van der Waals surface area contributed by atoms with Gasteiger partial charge >= 0.3 is 0 Å². The first kappa shape index (κ1) is 12.4. The van der Waals surface area contributed by atoms with Gasteiger partial charge in [0.2, 0.25) is 0 Å². The summed E-state index contributed by atoms with van der Waals surface area (Å²) >= 11 is 0. The fraction of sp³-hybridized carbons (Fsp3) is 1.00. The van der Waals surface area contributed by atoms with Crippen molar-refractivity contribution in [2.45, 2.75) is 71.0 Å². The number of piperidine rings is 1. The molecule has 0 aromatic rings. The van der Waals surface area contributed by atoms with Gasteiger partial charge in [-0.3, -0.25) is 4.90 Å². The molecule has 2 heteroatoms. The van der Waals surface area contributed by atoms with Gasteiger partial charge in [-0.2, -0.15) is 0 Å². The van der Waals surface area contributed by atoms with Crippen molar-refractivity contribution in [3.8, 4) is 0 Å². The highest BCUT2D eigenvalue weighted by Gasteiger charge is 2.34. The molecule has 1 aliphatic heterocycles. The fourth-order valence-corrected chi connectivity index (χ4v) is 2.77. The molecule has 2 fully saturated rings. The third kappa shape index (κ3) is 3.21. The van der Waals surface area contributed by atoms with Gasteiger partial charge in [-0.15, -0.1) is 0 Å². The molecule has 1 aliphatic carbocycles. The Morgan fingerprint density at radius 2 is 1.88 bits per heavy atom. The van der Waals surface area contributed by atoms with E-state index in [1.165, 1.54) is 45.2 Å². The van der Waals surface area contributed by atoms with E-state index in [2.05, 4.69) is 31.0 Å². The van der Waals surface area contributed by atoms with Crippen molar-refractivity contribution in [2.75, 3.05) is 13.1 Å². The zero-order chi connectivity index (χ0) is 11.5. The second-order valence-corrected chi connectivity index (χ2v) is 6.06. The third-order valence-corrected chi connectivity index (χ3v) is 4.35. The van der Waals surface area contributed by atoms with E-state index in [-0.39, 0.29) is 0 Å². The van der Waals surface area contributed by atoms with Crippen molar-refractivity contribution in [1.29, 1.82) is 0 Å². The molecule has 1 N–H and O–H groups in total. The van der Waals surface area contributed by atoms with Gasteiger partial charge in [-0.1, -0.05) is 20.3 Å². The lowest BCUT2D eigenvalue weighted by molar-refractivity contribution is 0.135. The lowest BCUT2D eigenvalue weighted by Gasteiger charge is -2.36. The first-order valence-electron chi connectivity index (χ1n) is 7.17. The number of nitrogens with one attached hydrogen (secondary N) is 1. The Morgan fingerprint density at radius 1 is 1.12 bits per heavy atom. The van der Waals surface area contributed by atoms with E-state index in [1.54, 1.807) is 0 Å². The normalized spacial score (nSPS) is 28.7. The van der Waals surface area contributed by atoms with Crippen molar-refractivity contribution in [2.24, 2.45) is 5.92 Å². The SMILES string of the molecule is CC(C)C(C)N(CC1CCCCN1)C1CC1. The maximum Gasteiger partial charge on any atom is 0.0195 e. The van der Waals surface area contributed by atoms with E-state index in [9.17, 15) is 0 Å². The number of nitrogens with zero attached hydrogens (tertiary/aromatic N) is 1. The summed E-state index contributed by atoms with van der Waals surface area (Å²) in [6.07, 6.45) is 7.05. The predicted molar refractivity (Wildman–Crippen MR) is 69.7 cm³/mol. The zero-order valence-electron chi connectivity index (χ0n) is 11.2. The van der Waals surface area contributed by atoms with Gasteiger partial charge in [-0.25, -0.2) is 0 Å². The predicted octanol–water partition coefficient (Wildman–Crippen LogP) is 2.64. The molecule has 94 valence electrons. The molecule has 1 heterocycles. The summed E-state index contributed by atoms with van der Waals surface area (Å²) in [6.45, 7) is 9.64. The van der Waals surface area contributed by atoms with Crippen LogP contribution in [0, 0.1) is 5.92 Å². The minimum absolute atomic E-state index is 0.747. The van der Waals surface area contributed by atoms with Gasteiger partial charge < -0.3 is 5.32 Å². The Bertz CT molecular complexity index is 205. The van der Waals surface area contributed by atoms with Gasteiger partial charge in [0, 0.05) is 24.7 Å². The smallest absolute Gasteiger partial charge is 0.0195 e. The van der Waals surface area contributed by atoms with Crippen LogP contribution in [-0.2, 0) is 0 Å². The first-order valence-corrected chi connectivity index (χ1v) is 7.17. The van der Waals surface area contributed by atoms with Crippen LogP contribution in [-0.4, -0.2) is 36.1 Å². The van der Waals surface area contributed by atoms with E-state index < -0.39 is 0 Å². The highest BCUT2D eigenvalue weighted by atomic mass is 15.2. The molecule has 1 saturated carbocycles. The van der Waals surface area contributed by atoms with Crippen LogP contribution in [0.15, 0.2) is 0 Å². The van der Waals surface area contributed by atoms with Crippen LogP contribution >= 0.6 is 0 Å². The summed E-state index contributed by atoms with van der Waals surface area (Å²) in [4.78, 5) is 2.77. The minimum atomic E-state index is 0.747. The molecule has 2 rings (SSSR count). The molecule has 0 bridgehead atoms. The molecule has 0 aromatic heterocycles. The molecule has 2 atom stereocenters. The standard InChI is InChI=1S/C14H28N2/c1-11(2)12(3)16(14-7-8-14)10-13-6-4-5-9-15-13/h11-15H,4-10H2,1-3H3. The van der Waals surface area contributed by atoms with Crippen LogP contribution in [0.2, 0.25) is 0 Å². The van der Waals surface area contributed by atoms with Crippen LogP contribution in [0.5, 0.6) is 0 Å². The summed E-state index contributed by atoms with van der Waals surface area (Å²) in [6, 6.07) is 2.41. The van der Waals surface area contributed by atoms with Crippen molar-refractivity contribution >= 4 is 0 Å². The fourth-order valence-electron chi connectivity index (χ4n) is 2.77.